The zero-order valence-electron chi connectivity index (χ0n) is 34.2. The summed E-state index contributed by atoms with van der Waals surface area (Å²) in [7, 11) is -1.98. The number of likely N-dealkylation sites (tertiary alicyclic amines) is 1. The van der Waals surface area contributed by atoms with Crippen LogP contribution in [0.4, 0.5) is 4.79 Å². The highest BCUT2D eigenvalue weighted by Gasteiger charge is 2.70. The van der Waals surface area contributed by atoms with Crippen LogP contribution >= 0.6 is 0 Å². The molecule has 0 aromatic heterocycles. The van der Waals surface area contributed by atoms with Gasteiger partial charge < -0.3 is 26.2 Å². The number of unbranched alkanes of at least 4 members (excludes halogenated alkanes) is 1. The van der Waals surface area contributed by atoms with Crippen LogP contribution in [-0.4, -0.2) is 104 Å². The molecule has 4 N–H and O–H groups in total. The summed E-state index contributed by atoms with van der Waals surface area (Å²) in [6, 6.07) is 3.98. The first-order chi connectivity index (χ1) is 26.5. The molecule has 5 amide bonds. The maximum atomic E-state index is 15.0. The van der Waals surface area contributed by atoms with Gasteiger partial charge in [0, 0.05) is 32.7 Å². The molecule has 1 aromatic rings. The smallest absolute Gasteiger partial charge is 0.315 e. The Bertz CT molecular complexity index is 1730. The number of fused-ring (bicyclic) bond motifs is 2. The summed E-state index contributed by atoms with van der Waals surface area (Å²) >= 11 is 0. The van der Waals surface area contributed by atoms with Gasteiger partial charge in [0.2, 0.25) is 27.6 Å². The highest BCUT2D eigenvalue weighted by molar-refractivity contribution is 7.89. The minimum Gasteiger partial charge on any atom is -0.346 e. The van der Waals surface area contributed by atoms with E-state index in [1.807, 2.05) is 31.2 Å². The Kier molecular flexibility index (Phi) is 13.8. The Balaban J connectivity index is 1.42. The van der Waals surface area contributed by atoms with E-state index in [9.17, 15) is 27.6 Å². The van der Waals surface area contributed by atoms with E-state index in [0.29, 0.717) is 25.8 Å². The van der Waals surface area contributed by atoms with Gasteiger partial charge in [-0.15, -0.1) is 6.58 Å². The van der Waals surface area contributed by atoms with Crippen LogP contribution in [0.2, 0.25) is 0 Å². The number of likely N-dealkylation sites (N-methyl/N-ethyl adjacent to an activating group) is 1. The van der Waals surface area contributed by atoms with E-state index in [4.69, 9.17) is 0 Å². The fourth-order valence-electron chi connectivity index (χ4n) is 9.63. The van der Waals surface area contributed by atoms with Crippen molar-refractivity contribution in [1.29, 1.82) is 0 Å². The van der Waals surface area contributed by atoms with E-state index in [1.54, 1.807) is 18.9 Å². The summed E-state index contributed by atoms with van der Waals surface area (Å²) in [4.78, 5) is 71.2. The predicted octanol–water partition coefficient (Wildman–Crippen LogP) is 3.72. The van der Waals surface area contributed by atoms with Gasteiger partial charge in [-0.1, -0.05) is 90.1 Å². The largest absolute Gasteiger partial charge is 0.346 e. The fourth-order valence-corrected chi connectivity index (χ4v) is 10.4. The van der Waals surface area contributed by atoms with Crippen LogP contribution < -0.4 is 21.3 Å². The molecule has 14 heteroatoms. The number of urea groups is 1. The molecule has 0 bridgehead atoms. The molecule has 3 aliphatic carbocycles. The van der Waals surface area contributed by atoms with Crippen LogP contribution in [0.25, 0.3) is 0 Å². The Morgan fingerprint density at radius 2 is 1.62 bits per heavy atom. The molecule has 1 aromatic carbocycles. The zero-order valence-corrected chi connectivity index (χ0v) is 35.0. The van der Waals surface area contributed by atoms with Crippen molar-refractivity contribution in [1.82, 2.24) is 30.5 Å². The van der Waals surface area contributed by atoms with Gasteiger partial charge in [0.05, 0.1) is 11.8 Å². The number of Topliss-reactive ketones (excluding diaryl/α,β-unsaturated/α-hetero) is 1. The third kappa shape index (κ3) is 9.33. The lowest BCUT2D eigenvalue weighted by Crippen LogP contribution is -2.62. The topological polar surface area (TPSA) is 174 Å². The molecule has 1 heterocycles. The van der Waals surface area contributed by atoms with Crippen molar-refractivity contribution >= 4 is 39.6 Å². The molecule has 1 unspecified atom stereocenters. The van der Waals surface area contributed by atoms with Crippen molar-refractivity contribution < 1.29 is 32.4 Å². The number of amides is 5. The number of nitrogens with zero attached hydrogens (tertiary/aromatic N) is 2. The summed E-state index contributed by atoms with van der Waals surface area (Å²) < 4.78 is 27.1. The van der Waals surface area contributed by atoms with Gasteiger partial charge in [0.15, 0.2) is 0 Å². The lowest BCUT2D eigenvalue weighted by molar-refractivity contribution is -0.144. The van der Waals surface area contributed by atoms with Crippen LogP contribution in [-0.2, 0) is 42.0 Å². The van der Waals surface area contributed by atoms with E-state index in [0.717, 1.165) is 49.7 Å². The monoisotopic (exact) mass is 796 g/mol. The first kappa shape index (κ1) is 43.3. The second-order valence-electron chi connectivity index (χ2n) is 17.4. The van der Waals surface area contributed by atoms with E-state index >= 15 is 4.79 Å². The second kappa shape index (κ2) is 17.8. The number of rotatable bonds is 18. The SMILES string of the molecule is C=CCNC(=O)C(=O)C(CCCC)NC(=O)[C@@H]1[C@@H]2[C@H](CN1C(=O)[C@@H](NC(=O)N[C@H](CN(C)S(=O)(=O)CC)C1(C)CCCCC1)C1Cc3ccccc3C1)C2(C)C. The van der Waals surface area contributed by atoms with Gasteiger partial charge in [-0.2, -0.15) is 0 Å². The lowest BCUT2D eigenvalue weighted by atomic mass is 9.70. The third-order valence-corrected chi connectivity index (χ3v) is 15.2. The molecule has 4 aliphatic rings. The summed E-state index contributed by atoms with van der Waals surface area (Å²) in [6.45, 7) is 13.9. The fraction of sp³-hybridized carbons (Fsp3) is 0.690. The number of carbonyl (C=O) groups is 5. The molecule has 56 heavy (non-hydrogen) atoms. The number of sulfonamides is 1. The van der Waals surface area contributed by atoms with Crippen LogP contribution in [0.15, 0.2) is 36.9 Å². The Morgan fingerprint density at radius 3 is 2.21 bits per heavy atom. The standard InChI is InChI=1S/C42H64N6O7S/c1-8-11-19-31(36(49)38(51)43-22-9-2)44-37(50)35-33-30(41(33,4)5)25-48(35)39(52)34(29-23-27-17-13-14-18-28(27)24-29)46-40(53)45-32(26-47(7)56(54,55)10-3)42(6)20-15-12-16-21-42/h9,13-14,17-18,29-35H,2,8,10-12,15-16,19-26H2,1,3-7H3,(H,43,51)(H,44,50)(H2,45,46,53)/t30-,31?,32+,33-,34-,35-/m0/s1. The summed E-state index contributed by atoms with van der Waals surface area (Å²) in [5.74, 6) is -2.86. The number of carbonyl (C=O) groups excluding carboxylic acids is 5. The molecule has 13 nitrogen and oxygen atoms in total. The van der Waals surface area contributed by atoms with Gasteiger partial charge >= 0.3 is 6.03 Å². The average Bonchev–Trinajstić information content (AvgIpc) is 3.52. The van der Waals surface area contributed by atoms with Crippen molar-refractivity contribution in [2.75, 3.05) is 32.4 Å². The van der Waals surface area contributed by atoms with Gasteiger partial charge in [-0.3, -0.25) is 19.2 Å². The molecule has 5 rings (SSSR count). The van der Waals surface area contributed by atoms with E-state index < -0.39 is 57.8 Å². The minimum atomic E-state index is -3.52. The van der Waals surface area contributed by atoms with Crippen LogP contribution in [0.5, 0.6) is 0 Å². The summed E-state index contributed by atoms with van der Waals surface area (Å²) in [6.07, 6.45) is 8.93. The second-order valence-corrected chi connectivity index (χ2v) is 19.8. The molecular weight excluding hydrogens is 733 g/mol. The number of ketones is 1. The van der Waals surface area contributed by atoms with Gasteiger partial charge in [-0.05, 0) is 78.7 Å². The molecule has 310 valence electrons. The lowest BCUT2D eigenvalue weighted by Gasteiger charge is -2.42. The Morgan fingerprint density at radius 1 is 0.982 bits per heavy atom. The van der Waals surface area contributed by atoms with Crippen molar-refractivity contribution in [3.8, 4) is 0 Å². The first-order valence-electron chi connectivity index (χ1n) is 20.6. The van der Waals surface area contributed by atoms with Gasteiger partial charge in [-0.25, -0.2) is 17.5 Å². The van der Waals surface area contributed by atoms with Crippen molar-refractivity contribution in [3.05, 3.63) is 48.0 Å². The molecule has 6 atom stereocenters. The van der Waals surface area contributed by atoms with Crippen LogP contribution in [0.1, 0.15) is 97.1 Å². The van der Waals surface area contributed by atoms with Crippen molar-refractivity contribution in [2.24, 2.45) is 28.6 Å². The number of hydrogen-bond acceptors (Lipinski definition) is 7. The van der Waals surface area contributed by atoms with Crippen LogP contribution in [0, 0.1) is 28.6 Å². The minimum absolute atomic E-state index is 0.0461. The molecule has 0 radical (unpaired) electrons. The normalized spacial score (nSPS) is 23.9. The molecule has 1 aliphatic heterocycles. The molecule has 0 spiro atoms. The molecular formula is C42H64N6O7S. The molecule has 3 fully saturated rings. The summed E-state index contributed by atoms with van der Waals surface area (Å²) in [5, 5.41) is 11.6. The predicted molar refractivity (Wildman–Crippen MR) is 216 cm³/mol. The Hall–Kier alpha value is -3.78. The number of benzene rings is 1. The summed E-state index contributed by atoms with van der Waals surface area (Å²) in [5.41, 5.74) is 1.63. The molecule has 2 saturated carbocycles. The van der Waals surface area contributed by atoms with Crippen LogP contribution in [0.3, 0.4) is 0 Å². The number of piperidine rings is 1. The van der Waals surface area contributed by atoms with E-state index in [1.165, 1.54) is 10.4 Å². The number of nitrogens with one attached hydrogen (secondary N) is 4. The quantitative estimate of drug-likeness (QED) is 0.130. The van der Waals surface area contributed by atoms with Gasteiger partial charge in [0.25, 0.3) is 5.91 Å². The Labute approximate surface area is 333 Å². The maximum Gasteiger partial charge on any atom is 0.315 e. The molecule has 1 saturated heterocycles. The first-order valence-corrected chi connectivity index (χ1v) is 22.2. The number of hydrogen-bond donors (Lipinski definition) is 4. The van der Waals surface area contributed by atoms with Crippen molar-refractivity contribution in [2.45, 2.75) is 123 Å². The van der Waals surface area contributed by atoms with E-state index in [2.05, 4.69) is 48.6 Å². The van der Waals surface area contributed by atoms with Crippen molar-refractivity contribution in [3.63, 3.8) is 0 Å². The average molecular weight is 797 g/mol. The highest BCUT2D eigenvalue weighted by atomic mass is 32.2. The van der Waals surface area contributed by atoms with E-state index in [-0.39, 0.29) is 59.8 Å². The van der Waals surface area contributed by atoms with Gasteiger partial charge in [0.1, 0.15) is 12.1 Å². The third-order valence-electron chi connectivity index (χ3n) is 13.4. The maximum absolute atomic E-state index is 15.0. The highest BCUT2D eigenvalue weighted by Crippen LogP contribution is 2.65. The zero-order chi connectivity index (χ0) is 41.0.